The van der Waals surface area contributed by atoms with Gasteiger partial charge in [-0.2, -0.15) is 5.10 Å². The van der Waals surface area contributed by atoms with Gasteiger partial charge >= 0.3 is 0 Å². The van der Waals surface area contributed by atoms with E-state index in [4.69, 9.17) is 11.6 Å². The number of carbonyl (C=O) groups is 1. The number of aliphatic hydroxyl groups excluding tert-OH is 1. The van der Waals surface area contributed by atoms with Gasteiger partial charge < -0.3 is 10.4 Å². The molecule has 1 unspecified atom stereocenters. The Morgan fingerprint density at radius 1 is 1.30 bits per heavy atom. The molecule has 1 aliphatic carbocycles. The normalized spacial score (nSPS) is 24.9. The number of nitrogens with one attached hydrogen (secondary N) is 2. The first-order chi connectivity index (χ1) is 14.4. The number of hydrogen-bond donors (Lipinski definition) is 3. The molecule has 162 valence electrons. The number of aliphatic hydroxyl groups is 1. The van der Waals surface area contributed by atoms with E-state index in [0.29, 0.717) is 23.2 Å². The lowest BCUT2D eigenvalue weighted by Gasteiger charge is -2.30. The van der Waals surface area contributed by atoms with Crippen LogP contribution in [0.3, 0.4) is 0 Å². The molecule has 0 bridgehead atoms. The van der Waals surface area contributed by atoms with Crippen molar-refractivity contribution in [2.45, 2.75) is 71.2 Å². The Morgan fingerprint density at radius 2 is 2.13 bits per heavy atom. The summed E-state index contributed by atoms with van der Waals surface area (Å²) in [4.78, 5) is 17.2. The summed E-state index contributed by atoms with van der Waals surface area (Å²) in [6, 6.07) is 2.01. The molecule has 1 amide bonds. The second kappa shape index (κ2) is 9.04. The molecule has 2 aromatic heterocycles. The maximum Gasteiger partial charge on any atom is 0.228 e. The van der Waals surface area contributed by atoms with Crippen LogP contribution in [0.15, 0.2) is 18.5 Å². The van der Waals surface area contributed by atoms with Gasteiger partial charge in [-0.1, -0.05) is 24.9 Å². The molecule has 1 aliphatic heterocycles. The second-order valence-corrected chi connectivity index (χ2v) is 9.18. The fourth-order valence-corrected chi connectivity index (χ4v) is 4.89. The first-order valence-corrected chi connectivity index (χ1v) is 11.2. The average Bonchev–Trinajstić information content (AvgIpc) is 3.12. The van der Waals surface area contributed by atoms with Gasteiger partial charge in [0.25, 0.3) is 0 Å². The van der Waals surface area contributed by atoms with Gasteiger partial charge in [0.15, 0.2) is 0 Å². The zero-order chi connectivity index (χ0) is 21.3. The highest BCUT2D eigenvalue weighted by Crippen LogP contribution is 2.35. The maximum atomic E-state index is 12.9. The SMILES string of the molecule is CC(O)N[C@@H]1CCC[C@H](C(=O)Nc2cc(-c3cnn4c3CC[C@H](C)C4)c(Cl)cn2)C1. The predicted octanol–water partition coefficient (Wildman–Crippen LogP) is 3.61. The highest BCUT2D eigenvalue weighted by atomic mass is 35.5. The monoisotopic (exact) mass is 431 g/mol. The predicted molar refractivity (Wildman–Crippen MR) is 117 cm³/mol. The van der Waals surface area contributed by atoms with Crippen LogP contribution < -0.4 is 10.6 Å². The third-order valence-electron chi connectivity index (χ3n) is 6.23. The average molecular weight is 432 g/mol. The van der Waals surface area contributed by atoms with E-state index in [-0.39, 0.29) is 17.9 Å². The van der Waals surface area contributed by atoms with Crippen molar-refractivity contribution in [2.75, 3.05) is 5.32 Å². The standard InChI is InChI=1S/C22H30ClN5O2/c1-13-6-7-20-18(10-25-28(20)12-13)17-9-21(24-11-19(17)23)27-22(30)15-4-3-5-16(8-15)26-14(2)29/h9-11,13-16,26,29H,3-8,12H2,1-2H3,(H,24,27,30)/t13-,14?,15-,16+/m0/s1. The van der Waals surface area contributed by atoms with Crippen LogP contribution in [0, 0.1) is 11.8 Å². The number of fused-ring (bicyclic) bond motifs is 1. The number of anilines is 1. The summed E-state index contributed by atoms with van der Waals surface area (Å²) in [6.45, 7) is 4.87. The maximum absolute atomic E-state index is 12.9. The lowest BCUT2D eigenvalue weighted by Crippen LogP contribution is -2.42. The van der Waals surface area contributed by atoms with Crippen molar-refractivity contribution in [1.29, 1.82) is 0 Å². The van der Waals surface area contributed by atoms with E-state index in [2.05, 4.69) is 32.3 Å². The fourth-order valence-electron chi connectivity index (χ4n) is 4.69. The van der Waals surface area contributed by atoms with Crippen LogP contribution >= 0.6 is 11.6 Å². The number of aromatic nitrogens is 3. The van der Waals surface area contributed by atoms with Crippen molar-refractivity contribution < 1.29 is 9.90 Å². The van der Waals surface area contributed by atoms with Gasteiger partial charge in [-0.15, -0.1) is 0 Å². The Balaban J connectivity index is 1.49. The molecule has 0 spiro atoms. The van der Waals surface area contributed by atoms with Gasteiger partial charge in [0, 0.05) is 41.5 Å². The van der Waals surface area contributed by atoms with Gasteiger partial charge in [-0.3, -0.25) is 14.8 Å². The number of amides is 1. The van der Waals surface area contributed by atoms with Gasteiger partial charge in [-0.25, -0.2) is 4.98 Å². The zero-order valence-electron chi connectivity index (χ0n) is 17.6. The quantitative estimate of drug-likeness (QED) is 0.629. The molecule has 0 aromatic carbocycles. The molecule has 0 radical (unpaired) electrons. The van der Waals surface area contributed by atoms with E-state index in [1.54, 1.807) is 13.1 Å². The van der Waals surface area contributed by atoms with Crippen LogP contribution in [0.4, 0.5) is 5.82 Å². The first kappa shape index (κ1) is 21.3. The van der Waals surface area contributed by atoms with Crippen molar-refractivity contribution in [1.82, 2.24) is 20.1 Å². The van der Waals surface area contributed by atoms with Gasteiger partial charge in [0.05, 0.1) is 11.2 Å². The summed E-state index contributed by atoms with van der Waals surface area (Å²) in [5.74, 6) is 1.00. The summed E-state index contributed by atoms with van der Waals surface area (Å²) in [5, 5.41) is 20.8. The molecule has 3 heterocycles. The highest BCUT2D eigenvalue weighted by molar-refractivity contribution is 6.33. The van der Waals surface area contributed by atoms with E-state index in [0.717, 1.165) is 49.8 Å². The number of rotatable bonds is 5. The summed E-state index contributed by atoms with van der Waals surface area (Å²) >= 11 is 6.47. The van der Waals surface area contributed by atoms with Crippen molar-refractivity contribution in [3.63, 3.8) is 0 Å². The van der Waals surface area contributed by atoms with Gasteiger partial charge in [-0.05, 0) is 51.0 Å². The third kappa shape index (κ3) is 4.68. The molecule has 7 nitrogen and oxygen atoms in total. The lowest BCUT2D eigenvalue weighted by molar-refractivity contribution is -0.121. The lowest BCUT2D eigenvalue weighted by atomic mass is 9.85. The molecule has 8 heteroatoms. The van der Waals surface area contributed by atoms with Crippen LogP contribution in [0.25, 0.3) is 11.1 Å². The Hall–Kier alpha value is -1.96. The fraction of sp³-hybridized carbons (Fsp3) is 0.591. The minimum atomic E-state index is -0.567. The van der Waals surface area contributed by atoms with E-state index in [1.807, 2.05) is 12.3 Å². The molecule has 30 heavy (non-hydrogen) atoms. The van der Waals surface area contributed by atoms with Crippen LogP contribution in [0.5, 0.6) is 0 Å². The Labute approximate surface area is 182 Å². The van der Waals surface area contributed by atoms with Crippen molar-refractivity contribution in [3.05, 3.63) is 29.2 Å². The number of hydrogen-bond acceptors (Lipinski definition) is 5. The summed E-state index contributed by atoms with van der Waals surface area (Å²) in [6.07, 6.45) is 8.50. The Kier molecular flexibility index (Phi) is 6.41. The molecule has 4 rings (SSSR count). The second-order valence-electron chi connectivity index (χ2n) is 8.77. The Morgan fingerprint density at radius 3 is 2.93 bits per heavy atom. The van der Waals surface area contributed by atoms with E-state index in [9.17, 15) is 9.90 Å². The van der Waals surface area contributed by atoms with Crippen molar-refractivity contribution >= 4 is 23.3 Å². The molecular formula is C22H30ClN5O2. The molecule has 2 aliphatic rings. The van der Waals surface area contributed by atoms with Gasteiger partial charge in [0.2, 0.25) is 5.91 Å². The van der Waals surface area contributed by atoms with Crippen LogP contribution in [0.1, 0.15) is 51.6 Å². The number of pyridine rings is 1. The molecule has 0 saturated heterocycles. The summed E-state index contributed by atoms with van der Waals surface area (Å²) in [7, 11) is 0. The third-order valence-corrected chi connectivity index (χ3v) is 6.53. The number of carbonyl (C=O) groups excluding carboxylic acids is 1. The largest absolute Gasteiger partial charge is 0.379 e. The van der Waals surface area contributed by atoms with E-state index < -0.39 is 6.23 Å². The van der Waals surface area contributed by atoms with E-state index in [1.165, 1.54) is 5.69 Å². The van der Waals surface area contributed by atoms with E-state index >= 15 is 0 Å². The zero-order valence-corrected chi connectivity index (χ0v) is 18.3. The topological polar surface area (TPSA) is 92.1 Å². The number of halogens is 1. The van der Waals surface area contributed by atoms with Crippen LogP contribution in [-0.4, -0.2) is 38.0 Å². The summed E-state index contributed by atoms with van der Waals surface area (Å²) in [5.41, 5.74) is 3.07. The molecular weight excluding hydrogens is 402 g/mol. The molecule has 1 saturated carbocycles. The summed E-state index contributed by atoms with van der Waals surface area (Å²) < 4.78 is 2.07. The molecule has 4 atom stereocenters. The molecule has 3 N–H and O–H groups in total. The minimum Gasteiger partial charge on any atom is -0.379 e. The highest BCUT2D eigenvalue weighted by Gasteiger charge is 2.28. The molecule has 2 aromatic rings. The number of nitrogens with zero attached hydrogens (tertiary/aromatic N) is 3. The smallest absolute Gasteiger partial charge is 0.228 e. The van der Waals surface area contributed by atoms with Crippen molar-refractivity contribution in [3.8, 4) is 11.1 Å². The van der Waals surface area contributed by atoms with Crippen LogP contribution in [0.2, 0.25) is 5.02 Å². The Bertz CT molecular complexity index is 913. The minimum absolute atomic E-state index is 0.0290. The first-order valence-electron chi connectivity index (χ1n) is 10.9. The van der Waals surface area contributed by atoms with Gasteiger partial charge in [0.1, 0.15) is 12.0 Å². The molecule has 1 fully saturated rings. The van der Waals surface area contributed by atoms with Crippen molar-refractivity contribution in [2.24, 2.45) is 11.8 Å². The van der Waals surface area contributed by atoms with Crippen LogP contribution in [-0.2, 0) is 17.8 Å².